The molecule has 0 bridgehead atoms. The van der Waals surface area contributed by atoms with Gasteiger partial charge in [-0.05, 0) is 56.3 Å². The van der Waals surface area contributed by atoms with Gasteiger partial charge < -0.3 is 19.8 Å². The Bertz CT molecular complexity index is 588. The topological polar surface area (TPSA) is 49.4 Å². The van der Waals surface area contributed by atoms with Crippen LogP contribution in [0, 0.1) is 12.0 Å². The molecule has 1 saturated heterocycles. The van der Waals surface area contributed by atoms with Crippen LogP contribution in [0.25, 0.3) is 10.9 Å². The lowest BCUT2D eigenvalue weighted by Gasteiger charge is -2.22. The molecule has 119 valence electrons. The van der Waals surface area contributed by atoms with E-state index in [1.54, 1.807) is 0 Å². The second kappa shape index (κ2) is 7.65. The van der Waals surface area contributed by atoms with Crippen molar-refractivity contribution in [3.05, 3.63) is 30.5 Å². The molecule has 0 aliphatic carbocycles. The third-order valence-electron chi connectivity index (χ3n) is 4.32. The molecule has 0 unspecified atom stereocenters. The van der Waals surface area contributed by atoms with E-state index in [0.29, 0.717) is 5.92 Å². The number of nitrogens with two attached hydrogens (primary N) is 1. The predicted octanol–water partition coefficient (Wildman–Crippen LogP) is 2.99. The van der Waals surface area contributed by atoms with E-state index in [2.05, 4.69) is 35.0 Å². The summed E-state index contributed by atoms with van der Waals surface area (Å²) in [7, 11) is 0. The first-order valence-corrected chi connectivity index (χ1v) is 8.28. The molecule has 1 aromatic carbocycles. The Morgan fingerprint density at radius 1 is 1.27 bits per heavy atom. The van der Waals surface area contributed by atoms with Gasteiger partial charge in [-0.2, -0.15) is 0 Å². The highest BCUT2D eigenvalue weighted by molar-refractivity contribution is 5.81. The van der Waals surface area contributed by atoms with Crippen molar-refractivity contribution in [2.75, 3.05) is 26.4 Å². The Labute approximate surface area is 132 Å². The fraction of sp³-hybridized carbons (Fsp3) is 0.556. The van der Waals surface area contributed by atoms with Gasteiger partial charge in [-0.1, -0.05) is 0 Å². The lowest BCUT2D eigenvalue weighted by Crippen LogP contribution is -2.19. The maximum atomic E-state index is 5.77. The van der Waals surface area contributed by atoms with Gasteiger partial charge in [0.1, 0.15) is 5.75 Å². The first-order valence-electron chi connectivity index (χ1n) is 8.28. The van der Waals surface area contributed by atoms with Crippen LogP contribution in [0.4, 0.5) is 0 Å². The van der Waals surface area contributed by atoms with Crippen LogP contribution in [0.3, 0.4) is 0 Å². The quantitative estimate of drug-likeness (QED) is 0.800. The SMILES string of the molecule is NCCCCOc1ccc2c([c]cn2CC2CCOCC2)c1. The molecule has 4 nitrogen and oxygen atoms in total. The van der Waals surface area contributed by atoms with Crippen molar-refractivity contribution < 1.29 is 9.47 Å². The second-order valence-corrected chi connectivity index (χ2v) is 6.00. The number of ether oxygens (including phenoxy) is 2. The number of rotatable bonds is 7. The van der Waals surface area contributed by atoms with E-state index < -0.39 is 0 Å². The van der Waals surface area contributed by atoms with Gasteiger partial charge in [0, 0.05) is 42.9 Å². The second-order valence-electron chi connectivity index (χ2n) is 6.00. The monoisotopic (exact) mass is 301 g/mol. The summed E-state index contributed by atoms with van der Waals surface area (Å²) in [5, 5.41) is 1.13. The highest BCUT2D eigenvalue weighted by Crippen LogP contribution is 2.24. The number of hydrogen-bond donors (Lipinski definition) is 1. The van der Waals surface area contributed by atoms with Crippen LogP contribution in [0.15, 0.2) is 24.4 Å². The van der Waals surface area contributed by atoms with E-state index in [9.17, 15) is 0 Å². The molecule has 0 amide bonds. The summed E-state index contributed by atoms with van der Waals surface area (Å²) < 4.78 is 13.5. The van der Waals surface area contributed by atoms with Crippen molar-refractivity contribution in [2.24, 2.45) is 11.7 Å². The van der Waals surface area contributed by atoms with Crippen molar-refractivity contribution in [3.63, 3.8) is 0 Å². The number of hydrogen-bond acceptors (Lipinski definition) is 3. The van der Waals surface area contributed by atoms with Crippen LogP contribution in [-0.4, -0.2) is 30.9 Å². The molecule has 0 atom stereocenters. The van der Waals surface area contributed by atoms with Crippen LogP contribution >= 0.6 is 0 Å². The van der Waals surface area contributed by atoms with Gasteiger partial charge in [0.2, 0.25) is 0 Å². The molecule has 2 heterocycles. The van der Waals surface area contributed by atoms with E-state index in [-0.39, 0.29) is 0 Å². The number of unbranched alkanes of at least 4 members (excludes halogenated alkanes) is 1. The third kappa shape index (κ3) is 3.81. The van der Waals surface area contributed by atoms with E-state index in [1.165, 1.54) is 5.52 Å². The molecule has 3 rings (SSSR count). The summed E-state index contributed by atoms with van der Waals surface area (Å²) in [6.45, 7) is 4.31. The van der Waals surface area contributed by atoms with Crippen LogP contribution in [0.2, 0.25) is 0 Å². The molecule has 1 aliphatic heterocycles. The summed E-state index contributed by atoms with van der Waals surface area (Å²) in [5.74, 6) is 1.63. The van der Waals surface area contributed by atoms with Crippen LogP contribution in [-0.2, 0) is 11.3 Å². The van der Waals surface area contributed by atoms with Crippen LogP contribution in [0.5, 0.6) is 5.75 Å². The predicted molar refractivity (Wildman–Crippen MR) is 88.1 cm³/mol. The Kier molecular flexibility index (Phi) is 5.35. The van der Waals surface area contributed by atoms with Gasteiger partial charge in [0.25, 0.3) is 0 Å². The van der Waals surface area contributed by atoms with Crippen LogP contribution < -0.4 is 10.5 Å². The summed E-state index contributed by atoms with van der Waals surface area (Å²) in [6, 6.07) is 9.63. The molecule has 2 N–H and O–H groups in total. The summed E-state index contributed by atoms with van der Waals surface area (Å²) in [4.78, 5) is 0. The number of fused-ring (bicyclic) bond motifs is 1. The standard InChI is InChI=1S/C18H25N2O2/c19-8-1-2-10-22-17-3-4-18-16(13-17)5-9-20(18)14-15-6-11-21-12-7-15/h3-4,9,13,15H,1-2,6-8,10-12,14,19H2. The fourth-order valence-corrected chi connectivity index (χ4v) is 2.98. The first-order chi connectivity index (χ1) is 10.9. The minimum absolute atomic E-state index is 0.713. The zero-order valence-electron chi connectivity index (χ0n) is 13.1. The maximum absolute atomic E-state index is 5.77. The minimum Gasteiger partial charge on any atom is -0.494 e. The van der Waals surface area contributed by atoms with Crippen molar-refractivity contribution in [1.29, 1.82) is 0 Å². The molecule has 22 heavy (non-hydrogen) atoms. The Morgan fingerprint density at radius 3 is 2.95 bits per heavy atom. The van der Waals surface area contributed by atoms with Crippen LogP contribution in [0.1, 0.15) is 25.7 Å². The fourth-order valence-electron chi connectivity index (χ4n) is 2.98. The minimum atomic E-state index is 0.713. The van der Waals surface area contributed by atoms with Crippen molar-refractivity contribution in [2.45, 2.75) is 32.2 Å². The van der Waals surface area contributed by atoms with Crippen molar-refractivity contribution >= 4 is 10.9 Å². The van der Waals surface area contributed by atoms with Gasteiger partial charge >= 0.3 is 0 Å². The highest BCUT2D eigenvalue weighted by atomic mass is 16.5. The molecular weight excluding hydrogens is 276 g/mol. The average Bonchev–Trinajstić information content (AvgIpc) is 2.95. The van der Waals surface area contributed by atoms with Crippen molar-refractivity contribution in [3.8, 4) is 5.75 Å². The average molecular weight is 301 g/mol. The van der Waals surface area contributed by atoms with Gasteiger partial charge in [0.15, 0.2) is 0 Å². The first kappa shape index (κ1) is 15.4. The maximum Gasteiger partial charge on any atom is 0.120 e. The lowest BCUT2D eigenvalue weighted by atomic mass is 10.0. The lowest BCUT2D eigenvalue weighted by molar-refractivity contribution is 0.0616. The molecule has 1 aromatic heterocycles. The van der Waals surface area contributed by atoms with Gasteiger partial charge in [-0.15, -0.1) is 0 Å². The van der Waals surface area contributed by atoms with E-state index >= 15 is 0 Å². The Hall–Kier alpha value is -1.52. The van der Waals surface area contributed by atoms with Gasteiger partial charge in [0.05, 0.1) is 6.61 Å². The smallest absolute Gasteiger partial charge is 0.120 e. The van der Waals surface area contributed by atoms with Crippen molar-refractivity contribution in [1.82, 2.24) is 4.57 Å². The van der Waals surface area contributed by atoms with E-state index in [0.717, 1.165) is 69.7 Å². The summed E-state index contributed by atoms with van der Waals surface area (Å²) >= 11 is 0. The molecule has 1 radical (unpaired) electrons. The van der Waals surface area contributed by atoms with Gasteiger partial charge in [-0.3, -0.25) is 0 Å². The Morgan fingerprint density at radius 2 is 2.14 bits per heavy atom. The number of nitrogens with zero attached hydrogens (tertiary/aromatic N) is 1. The molecule has 4 heteroatoms. The summed E-state index contributed by atoms with van der Waals surface area (Å²) in [6.07, 6.45) is 6.39. The third-order valence-corrected chi connectivity index (χ3v) is 4.32. The molecule has 1 aliphatic rings. The molecule has 1 fully saturated rings. The van der Waals surface area contributed by atoms with Gasteiger partial charge in [-0.25, -0.2) is 0 Å². The molecule has 2 aromatic rings. The zero-order chi connectivity index (χ0) is 15.2. The zero-order valence-corrected chi connectivity index (χ0v) is 13.1. The normalized spacial score (nSPS) is 16.2. The molecule has 0 saturated carbocycles. The largest absolute Gasteiger partial charge is 0.494 e. The molecule has 0 spiro atoms. The number of aromatic nitrogens is 1. The highest BCUT2D eigenvalue weighted by Gasteiger charge is 2.15. The molecular formula is C18H25N2O2. The van der Waals surface area contributed by atoms with E-state index in [1.807, 2.05) is 0 Å². The summed E-state index contributed by atoms with van der Waals surface area (Å²) in [5.41, 5.74) is 6.73. The number of benzene rings is 1. The Balaban J connectivity index is 1.64. The van der Waals surface area contributed by atoms with E-state index in [4.69, 9.17) is 15.2 Å².